The molecule has 0 unspecified atom stereocenters. The average Bonchev–Trinajstić information content (AvgIpc) is 2.61. The Bertz CT molecular complexity index is 1040. The third-order valence-electron chi connectivity index (χ3n) is 5.27. The zero-order valence-electron chi connectivity index (χ0n) is 16.5. The Kier molecular flexibility index (Phi) is 4.42. The first-order valence-corrected chi connectivity index (χ1v) is 9.36. The Hall–Kier alpha value is -2.80. The number of fused-ring (bicyclic) bond motifs is 1. The fourth-order valence-corrected chi connectivity index (χ4v) is 3.79. The van der Waals surface area contributed by atoms with Gasteiger partial charge in [-0.2, -0.15) is 5.10 Å². The zero-order valence-corrected chi connectivity index (χ0v) is 16.5. The smallest absolute Gasteiger partial charge is 0.157 e. The van der Waals surface area contributed by atoms with Crippen molar-refractivity contribution in [2.75, 3.05) is 23.3 Å². The van der Waals surface area contributed by atoms with Crippen molar-refractivity contribution in [3.8, 4) is 0 Å². The minimum Gasteiger partial charge on any atom is -0.386 e. The SMILES string of the molecule is Cc1cc(F)ccc1[C@@H](C)Nc1nnc(C)c2cnc(N3CC(C)(O)C3)cc12. The van der Waals surface area contributed by atoms with E-state index in [1.165, 1.54) is 12.1 Å². The second-order valence-electron chi connectivity index (χ2n) is 7.94. The number of hydrogen-bond acceptors (Lipinski definition) is 6. The molecule has 1 aliphatic heterocycles. The zero-order chi connectivity index (χ0) is 20.1. The summed E-state index contributed by atoms with van der Waals surface area (Å²) in [6.45, 7) is 8.74. The van der Waals surface area contributed by atoms with Crippen LogP contribution < -0.4 is 10.2 Å². The van der Waals surface area contributed by atoms with Crippen molar-refractivity contribution in [2.45, 2.75) is 39.3 Å². The fourth-order valence-electron chi connectivity index (χ4n) is 3.79. The largest absolute Gasteiger partial charge is 0.386 e. The maximum Gasteiger partial charge on any atom is 0.157 e. The van der Waals surface area contributed by atoms with Gasteiger partial charge in [-0.3, -0.25) is 0 Å². The summed E-state index contributed by atoms with van der Waals surface area (Å²) in [6.07, 6.45) is 1.81. The summed E-state index contributed by atoms with van der Waals surface area (Å²) in [5, 5.41) is 23.9. The van der Waals surface area contributed by atoms with Crippen molar-refractivity contribution in [3.05, 3.63) is 53.1 Å². The van der Waals surface area contributed by atoms with Gasteiger partial charge < -0.3 is 15.3 Å². The van der Waals surface area contributed by atoms with Gasteiger partial charge in [0.2, 0.25) is 0 Å². The normalized spacial score (nSPS) is 16.7. The number of aryl methyl sites for hydroxylation is 2. The molecule has 0 radical (unpaired) electrons. The van der Waals surface area contributed by atoms with E-state index in [9.17, 15) is 9.50 Å². The molecule has 146 valence electrons. The van der Waals surface area contributed by atoms with Crippen LogP contribution in [-0.2, 0) is 0 Å². The highest BCUT2D eigenvalue weighted by Crippen LogP contribution is 2.32. The van der Waals surface area contributed by atoms with Gasteiger partial charge in [-0.05, 0) is 57.0 Å². The van der Waals surface area contributed by atoms with Crippen LogP contribution in [0.15, 0.2) is 30.5 Å². The lowest BCUT2D eigenvalue weighted by Gasteiger charge is -2.45. The molecule has 1 aromatic carbocycles. The number of benzene rings is 1. The first-order valence-electron chi connectivity index (χ1n) is 9.36. The topological polar surface area (TPSA) is 74.2 Å². The summed E-state index contributed by atoms with van der Waals surface area (Å²) in [5.41, 5.74) is 2.03. The number of rotatable bonds is 4. The van der Waals surface area contributed by atoms with Crippen LogP contribution in [0.2, 0.25) is 0 Å². The summed E-state index contributed by atoms with van der Waals surface area (Å²) >= 11 is 0. The highest BCUT2D eigenvalue weighted by atomic mass is 19.1. The molecule has 4 rings (SSSR count). The van der Waals surface area contributed by atoms with E-state index in [1.54, 1.807) is 12.3 Å². The van der Waals surface area contributed by atoms with E-state index in [0.717, 1.165) is 33.4 Å². The molecular formula is C21H24FN5O. The molecule has 0 aliphatic carbocycles. The van der Waals surface area contributed by atoms with Crippen LogP contribution >= 0.6 is 0 Å². The number of aromatic nitrogens is 3. The maximum absolute atomic E-state index is 13.4. The molecule has 2 aromatic heterocycles. The first kappa shape index (κ1) is 18.6. The minimum absolute atomic E-state index is 0.0674. The highest BCUT2D eigenvalue weighted by Gasteiger charge is 2.37. The molecule has 3 aromatic rings. The highest BCUT2D eigenvalue weighted by molar-refractivity contribution is 5.94. The number of nitrogens with one attached hydrogen (secondary N) is 1. The van der Waals surface area contributed by atoms with Gasteiger partial charge >= 0.3 is 0 Å². The molecule has 7 heteroatoms. The summed E-state index contributed by atoms with van der Waals surface area (Å²) in [4.78, 5) is 6.57. The maximum atomic E-state index is 13.4. The second-order valence-corrected chi connectivity index (χ2v) is 7.94. The van der Waals surface area contributed by atoms with Crippen molar-refractivity contribution >= 4 is 22.4 Å². The van der Waals surface area contributed by atoms with Crippen molar-refractivity contribution in [1.29, 1.82) is 0 Å². The molecule has 0 bridgehead atoms. The summed E-state index contributed by atoms with van der Waals surface area (Å²) in [5.74, 6) is 1.23. The predicted octanol–water partition coefficient (Wildman–Crippen LogP) is 3.52. The summed E-state index contributed by atoms with van der Waals surface area (Å²) in [7, 11) is 0. The predicted molar refractivity (Wildman–Crippen MR) is 108 cm³/mol. The van der Waals surface area contributed by atoms with Crippen LogP contribution in [0.3, 0.4) is 0 Å². The quantitative estimate of drug-likeness (QED) is 0.720. The van der Waals surface area contributed by atoms with Crippen LogP contribution in [0.25, 0.3) is 10.8 Å². The lowest BCUT2D eigenvalue weighted by atomic mass is 9.97. The second kappa shape index (κ2) is 6.67. The fraction of sp³-hybridized carbons (Fsp3) is 0.381. The molecule has 0 saturated carbocycles. The van der Waals surface area contributed by atoms with Gasteiger partial charge in [0.05, 0.1) is 17.3 Å². The molecular weight excluding hydrogens is 357 g/mol. The van der Waals surface area contributed by atoms with Gasteiger partial charge in [0.25, 0.3) is 0 Å². The Morgan fingerprint density at radius 1 is 1.18 bits per heavy atom. The van der Waals surface area contributed by atoms with Crippen molar-refractivity contribution < 1.29 is 9.50 Å². The summed E-state index contributed by atoms with van der Waals surface area (Å²) < 4.78 is 13.4. The monoisotopic (exact) mass is 381 g/mol. The number of β-amino-alcohol motifs (C(OH)–C–C–N with tert-alkyl or cyclic N) is 1. The molecule has 28 heavy (non-hydrogen) atoms. The van der Waals surface area contributed by atoms with Crippen molar-refractivity contribution in [2.24, 2.45) is 0 Å². The van der Waals surface area contributed by atoms with E-state index < -0.39 is 5.60 Å². The lowest BCUT2D eigenvalue weighted by Crippen LogP contribution is -2.60. The van der Waals surface area contributed by atoms with Gasteiger partial charge in [-0.1, -0.05) is 6.07 Å². The van der Waals surface area contributed by atoms with E-state index in [0.29, 0.717) is 18.9 Å². The molecule has 6 nitrogen and oxygen atoms in total. The lowest BCUT2D eigenvalue weighted by molar-refractivity contribution is 0.0305. The van der Waals surface area contributed by atoms with Gasteiger partial charge in [0.15, 0.2) is 5.82 Å². The van der Waals surface area contributed by atoms with Crippen LogP contribution in [0.1, 0.15) is 36.7 Å². The molecule has 1 saturated heterocycles. The Morgan fingerprint density at radius 3 is 2.61 bits per heavy atom. The molecule has 1 aliphatic rings. The molecule has 1 fully saturated rings. The average molecular weight is 381 g/mol. The van der Waals surface area contributed by atoms with Crippen LogP contribution in [0, 0.1) is 19.7 Å². The number of halogens is 1. The van der Waals surface area contributed by atoms with E-state index in [4.69, 9.17) is 0 Å². The van der Waals surface area contributed by atoms with Crippen LogP contribution in [-0.4, -0.2) is 39.0 Å². The molecule has 0 spiro atoms. The van der Waals surface area contributed by atoms with Crippen LogP contribution in [0.4, 0.5) is 16.0 Å². The number of nitrogens with zero attached hydrogens (tertiary/aromatic N) is 4. The summed E-state index contributed by atoms with van der Waals surface area (Å²) in [6, 6.07) is 6.71. The van der Waals surface area contributed by atoms with E-state index >= 15 is 0 Å². The number of aliphatic hydroxyl groups is 1. The molecule has 1 atom stereocenters. The number of pyridine rings is 1. The molecule has 0 amide bonds. The van der Waals surface area contributed by atoms with E-state index in [1.807, 2.05) is 38.7 Å². The number of hydrogen-bond donors (Lipinski definition) is 2. The standard InChI is InChI=1S/C21H24FN5O/c1-12-7-15(22)5-6-16(12)13(2)24-20-17-8-19(27-10-21(4,28)11-27)23-9-18(17)14(3)25-26-20/h5-9,13,28H,10-11H2,1-4H3,(H,24,26)/t13-/m1/s1. The Balaban J connectivity index is 1.69. The Morgan fingerprint density at radius 2 is 1.93 bits per heavy atom. The van der Waals surface area contributed by atoms with Gasteiger partial charge in [-0.15, -0.1) is 5.10 Å². The number of anilines is 2. The van der Waals surface area contributed by atoms with Gasteiger partial charge in [0, 0.05) is 30.1 Å². The van der Waals surface area contributed by atoms with Crippen LogP contribution in [0.5, 0.6) is 0 Å². The van der Waals surface area contributed by atoms with Gasteiger partial charge in [-0.25, -0.2) is 9.37 Å². The minimum atomic E-state index is -0.668. The van der Waals surface area contributed by atoms with E-state index in [-0.39, 0.29) is 11.9 Å². The van der Waals surface area contributed by atoms with E-state index in [2.05, 4.69) is 20.5 Å². The third kappa shape index (κ3) is 3.38. The van der Waals surface area contributed by atoms with Crippen molar-refractivity contribution in [1.82, 2.24) is 15.2 Å². The molecule has 2 N–H and O–H groups in total. The third-order valence-corrected chi connectivity index (χ3v) is 5.27. The van der Waals surface area contributed by atoms with Gasteiger partial charge in [0.1, 0.15) is 11.6 Å². The molecule has 3 heterocycles. The Labute approximate surface area is 163 Å². The first-order chi connectivity index (χ1) is 13.2. The van der Waals surface area contributed by atoms with Crippen molar-refractivity contribution in [3.63, 3.8) is 0 Å².